The van der Waals surface area contributed by atoms with Crippen molar-refractivity contribution in [3.63, 3.8) is 0 Å². The fraction of sp³-hybridized carbons (Fsp3) is 0.500. The van der Waals surface area contributed by atoms with Crippen LogP contribution in [0.15, 0.2) is 30.3 Å². The number of nitrogens with one attached hydrogen (secondary N) is 1. The van der Waals surface area contributed by atoms with Gasteiger partial charge in [0, 0.05) is 13.1 Å². The predicted molar refractivity (Wildman–Crippen MR) is 60.6 cm³/mol. The third-order valence-corrected chi connectivity index (χ3v) is 2.50. The molecule has 1 aromatic rings. The van der Waals surface area contributed by atoms with E-state index in [-0.39, 0.29) is 6.61 Å². The molecular weight excluding hydrogens is 206 g/mol. The zero-order valence-corrected chi connectivity index (χ0v) is 9.19. The maximum absolute atomic E-state index is 10.2. The van der Waals surface area contributed by atoms with Crippen molar-refractivity contribution in [2.45, 2.75) is 5.60 Å². The lowest BCUT2D eigenvalue weighted by atomic mass is 10.1. The summed E-state index contributed by atoms with van der Waals surface area (Å²) < 4.78 is 10.8. The number of aliphatic hydroxyl groups is 1. The van der Waals surface area contributed by atoms with Crippen LogP contribution >= 0.6 is 0 Å². The van der Waals surface area contributed by atoms with Crippen molar-refractivity contribution < 1.29 is 14.6 Å². The molecule has 0 aromatic heterocycles. The Hall–Kier alpha value is -1.10. The lowest BCUT2D eigenvalue weighted by Crippen LogP contribution is -2.47. The Bertz CT molecular complexity index is 307. The maximum atomic E-state index is 10.2. The van der Waals surface area contributed by atoms with Crippen molar-refractivity contribution in [2.75, 3.05) is 32.9 Å². The normalized spacial score (nSPS) is 26.1. The van der Waals surface area contributed by atoms with Gasteiger partial charge in [0.1, 0.15) is 18.0 Å². The van der Waals surface area contributed by atoms with E-state index in [0.29, 0.717) is 19.8 Å². The zero-order chi connectivity index (χ0) is 11.3. The fourth-order valence-corrected chi connectivity index (χ4v) is 1.61. The molecule has 2 N–H and O–H groups in total. The molecule has 1 atom stereocenters. The molecule has 0 bridgehead atoms. The topological polar surface area (TPSA) is 50.7 Å². The second kappa shape index (κ2) is 5.30. The summed E-state index contributed by atoms with van der Waals surface area (Å²) in [6.07, 6.45) is 0. The number of para-hydroxylation sites is 1. The molecule has 1 unspecified atom stereocenters. The Balaban J connectivity index is 1.88. The molecule has 1 aliphatic heterocycles. The van der Waals surface area contributed by atoms with Crippen LogP contribution < -0.4 is 10.1 Å². The highest BCUT2D eigenvalue weighted by Gasteiger charge is 2.29. The van der Waals surface area contributed by atoms with Gasteiger partial charge in [-0.15, -0.1) is 0 Å². The Morgan fingerprint density at radius 2 is 2.19 bits per heavy atom. The van der Waals surface area contributed by atoms with Crippen LogP contribution in [-0.4, -0.2) is 43.6 Å². The summed E-state index contributed by atoms with van der Waals surface area (Å²) in [5.74, 6) is 0.764. The van der Waals surface area contributed by atoms with E-state index in [1.807, 2.05) is 30.3 Å². The monoisotopic (exact) mass is 223 g/mol. The Labute approximate surface area is 95.2 Å². The van der Waals surface area contributed by atoms with Crippen LogP contribution in [0.2, 0.25) is 0 Å². The molecule has 1 heterocycles. The maximum Gasteiger partial charge on any atom is 0.134 e. The van der Waals surface area contributed by atoms with E-state index >= 15 is 0 Å². The standard InChI is InChI=1S/C12H17NO3/c14-12(8-13-6-7-15-9-12)10-16-11-4-2-1-3-5-11/h1-5,13-14H,6-10H2. The largest absolute Gasteiger partial charge is 0.490 e. The third kappa shape index (κ3) is 3.20. The number of hydrogen-bond acceptors (Lipinski definition) is 4. The van der Waals surface area contributed by atoms with Gasteiger partial charge in [0.05, 0.1) is 13.2 Å². The number of benzene rings is 1. The van der Waals surface area contributed by atoms with Crippen LogP contribution in [0, 0.1) is 0 Å². The molecule has 2 rings (SSSR count). The average molecular weight is 223 g/mol. The summed E-state index contributed by atoms with van der Waals surface area (Å²) in [6.45, 7) is 2.46. The molecular formula is C12H17NO3. The quantitative estimate of drug-likeness (QED) is 0.779. The number of rotatable bonds is 3. The summed E-state index contributed by atoms with van der Waals surface area (Å²) in [7, 11) is 0. The van der Waals surface area contributed by atoms with Crippen molar-refractivity contribution in [3.05, 3.63) is 30.3 Å². The van der Waals surface area contributed by atoms with E-state index in [0.717, 1.165) is 12.3 Å². The van der Waals surface area contributed by atoms with Gasteiger partial charge in [-0.2, -0.15) is 0 Å². The molecule has 1 aromatic carbocycles. The Morgan fingerprint density at radius 1 is 1.38 bits per heavy atom. The van der Waals surface area contributed by atoms with Gasteiger partial charge < -0.3 is 19.9 Å². The van der Waals surface area contributed by atoms with Gasteiger partial charge in [-0.1, -0.05) is 18.2 Å². The van der Waals surface area contributed by atoms with Crippen molar-refractivity contribution in [1.82, 2.24) is 5.32 Å². The molecule has 0 amide bonds. The van der Waals surface area contributed by atoms with Gasteiger partial charge >= 0.3 is 0 Å². The summed E-state index contributed by atoms with van der Waals surface area (Å²) in [6, 6.07) is 9.48. The van der Waals surface area contributed by atoms with E-state index < -0.39 is 5.60 Å². The second-order valence-corrected chi connectivity index (χ2v) is 4.06. The van der Waals surface area contributed by atoms with Crippen LogP contribution in [0.3, 0.4) is 0 Å². The summed E-state index contributed by atoms with van der Waals surface area (Å²) in [4.78, 5) is 0. The molecule has 0 saturated carbocycles. The van der Waals surface area contributed by atoms with Crippen LogP contribution in [0.25, 0.3) is 0 Å². The second-order valence-electron chi connectivity index (χ2n) is 4.06. The third-order valence-electron chi connectivity index (χ3n) is 2.50. The lowest BCUT2D eigenvalue weighted by molar-refractivity contribution is -0.0552. The Kier molecular flexibility index (Phi) is 3.77. The van der Waals surface area contributed by atoms with Gasteiger partial charge in [-0.25, -0.2) is 0 Å². The van der Waals surface area contributed by atoms with Crippen molar-refractivity contribution in [1.29, 1.82) is 0 Å². The lowest BCUT2D eigenvalue weighted by Gasteiger charge is -2.25. The van der Waals surface area contributed by atoms with Crippen LogP contribution in [0.5, 0.6) is 5.75 Å². The SMILES string of the molecule is OC1(COc2ccccc2)CNCCOC1. The first-order valence-corrected chi connectivity index (χ1v) is 5.47. The number of hydrogen-bond donors (Lipinski definition) is 2. The summed E-state index contributed by atoms with van der Waals surface area (Å²) in [5, 5.41) is 13.3. The number of β-amino-alcohol motifs (C(OH)–C–C–N with tert-alkyl or cyclic N) is 1. The molecule has 1 fully saturated rings. The van der Waals surface area contributed by atoms with Crippen LogP contribution in [0.1, 0.15) is 0 Å². The Morgan fingerprint density at radius 3 is 3.00 bits per heavy atom. The fourth-order valence-electron chi connectivity index (χ4n) is 1.61. The smallest absolute Gasteiger partial charge is 0.134 e. The molecule has 1 aliphatic rings. The van der Waals surface area contributed by atoms with E-state index in [9.17, 15) is 5.11 Å². The highest BCUT2D eigenvalue weighted by molar-refractivity contribution is 5.21. The van der Waals surface area contributed by atoms with Gasteiger partial charge in [-0.3, -0.25) is 0 Å². The molecule has 88 valence electrons. The first-order chi connectivity index (χ1) is 7.79. The van der Waals surface area contributed by atoms with Gasteiger partial charge in [-0.05, 0) is 12.1 Å². The van der Waals surface area contributed by atoms with Crippen LogP contribution in [0.4, 0.5) is 0 Å². The minimum Gasteiger partial charge on any atom is -0.490 e. The molecule has 0 spiro atoms. The molecule has 1 saturated heterocycles. The van der Waals surface area contributed by atoms with E-state index in [1.165, 1.54) is 0 Å². The average Bonchev–Trinajstić information content (AvgIpc) is 2.54. The van der Waals surface area contributed by atoms with Crippen molar-refractivity contribution in [3.8, 4) is 5.75 Å². The first kappa shape index (κ1) is 11.4. The van der Waals surface area contributed by atoms with Crippen LogP contribution in [-0.2, 0) is 4.74 Å². The molecule has 4 heteroatoms. The van der Waals surface area contributed by atoms with Gasteiger partial charge in [0.25, 0.3) is 0 Å². The van der Waals surface area contributed by atoms with Crippen molar-refractivity contribution >= 4 is 0 Å². The minimum atomic E-state index is -0.938. The van der Waals surface area contributed by atoms with E-state index in [1.54, 1.807) is 0 Å². The molecule has 4 nitrogen and oxygen atoms in total. The molecule has 16 heavy (non-hydrogen) atoms. The molecule has 0 radical (unpaired) electrons. The first-order valence-electron chi connectivity index (χ1n) is 5.47. The highest BCUT2D eigenvalue weighted by atomic mass is 16.5. The summed E-state index contributed by atoms with van der Waals surface area (Å²) in [5.41, 5.74) is -0.938. The predicted octanol–water partition coefficient (Wildman–Crippen LogP) is 0.416. The highest BCUT2D eigenvalue weighted by Crippen LogP contribution is 2.13. The summed E-state index contributed by atoms with van der Waals surface area (Å²) >= 11 is 0. The van der Waals surface area contributed by atoms with Crippen molar-refractivity contribution in [2.24, 2.45) is 0 Å². The zero-order valence-electron chi connectivity index (χ0n) is 9.19. The number of ether oxygens (including phenoxy) is 2. The minimum absolute atomic E-state index is 0.240. The van der Waals surface area contributed by atoms with Gasteiger partial charge in [0.2, 0.25) is 0 Å². The van der Waals surface area contributed by atoms with E-state index in [2.05, 4.69) is 5.32 Å². The van der Waals surface area contributed by atoms with Gasteiger partial charge in [0.15, 0.2) is 0 Å². The van der Waals surface area contributed by atoms with E-state index in [4.69, 9.17) is 9.47 Å². The molecule has 0 aliphatic carbocycles.